The van der Waals surface area contributed by atoms with Crippen LogP contribution in [0.5, 0.6) is 0 Å². The van der Waals surface area contributed by atoms with Gasteiger partial charge in [-0.2, -0.15) is 0 Å². The lowest BCUT2D eigenvalue weighted by Gasteiger charge is -2.19. The van der Waals surface area contributed by atoms with Gasteiger partial charge in [-0.25, -0.2) is 4.39 Å². The van der Waals surface area contributed by atoms with Crippen LogP contribution < -0.4 is 0 Å². The number of hydrogen-bond acceptors (Lipinski definition) is 2. The first-order valence-electron chi connectivity index (χ1n) is 3.93. The van der Waals surface area contributed by atoms with Gasteiger partial charge < -0.3 is 5.11 Å². The number of hydrogen-bond donors (Lipinski definition) is 1. The first-order valence-corrected chi connectivity index (χ1v) is 3.93. The third kappa shape index (κ3) is 2.12. The molecule has 3 heteroatoms. The highest BCUT2D eigenvalue weighted by Crippen LogP contribution is 2.23. The van der Waals surface area contributed by atoms with Crippen LogP contribution in [0.1, 0.15) is 29.8 Å². The van der Waals surface area contributed by atoms with Gasteiger partial charge in [0.25, 0.3) is 0 Å². The van der Waals surface area contributed by atoms with Crippen molar-refractivity contribution < 1.29 is 14.3 Å². The summed E-state index contributed by atoms with van der Waals surface area (Å²) >= 11 is 0. The van der Waals surface area contributed by atoms with E-state index in [1.807, 2.05) is 0 Å². The summed E-state index contributed by atoms with van der Waals surface area (Å²) in [5.74, 6) is -0.456. The first-order chi connectivity index (χ1) is 5.95. The van der Waals surface area contributed by atoms with Crippen LogP contribution in [0.3, 0.4) is 0 Å². The number of halogens is 1. The molecule has 0 unspecified atom stereocenters. The molecule has 1 rings (SSSR count). The van der Waals surface area contributed by atoms with Crippen LogP contribution in [-0.4, -0.2) is 11.4 Å². The molecule has 0 aromatic heterocycles. The lowest BCUT2D eigenvalue weighted by molar-refractivity contribution is 0.0764. The largest absolute Gasteiger partial charge is 0.386 e. The van der Waals surface area contributed by atoms with Crippen LogP contribution >= 0.6 is 0 Å². The second-order valence-corrected chi connectivity index (χ2v) is 3.41. The summed E-state index contributed by atoms with van der Waals surface area (Å²) in [7, 11) is 0. The van der Waals surface area contributed by atoms with E-state index in [0.29, 0.717) is 17.4 Å². The summed E-state index contributed by atoms with van der Waals surface area (Å²) in [5, 5.41) is 9.60. The fraction of sp³-hybridized carbons (Fsp3) is 0.300. The molecule has 0 amide bonds. The van der Waals surface area contributed by atoms with E-state index in [0.717, 1.165) is 0 Å². The van der Waals surface area contributed by atoms with Crippen molar-refractivity contribution in [3.63, 3.8) is 0 Å². The van der Waals surface area contributed by atoms with E-state index in [1.54, 1.807) is 0 Å². The van der Waals surface area contributed by atoms with Gasteiger partial charge in [0, 0.05) is 5.56 Å². The van der Waals surface area contributed by atoms with Gasteiger partial charge in [-0.15, -0.1) is 0 Å². The summed E-state index contributed by atoms with van der Waals surface area (Å²) in [6, 6.07) is 3.72. The van der Waals surface area contributed by atoms with Crippen molar-refractivity contribution in [2.75, 3.05) is 0 Å². The van der Waals surface area contributed by atoms with Crippen molar-refractivity contribution in [1.29, 1.82) is 0 Å². The van der Waals surface area contributed by atoms with Gasteiger partial charge in [0.15, 0.2) is 0 Å². The molecule has 0 spiro atoms. The van der Waals surface area contributed by atoms with Crippen LogP contribution in [-0.2, 0) is 5.60 Å². The SMILES string of the molecule is CC(C)(O)c1cc(F)ccc1C=O. The Morgan fingerprint density at radius 1 is 1.46 bits per heavy atom. The molecule has 1 aromatic rings. The molecule has 1 aromatic carbocycles. The van der Waals surface area contributed by atoms with E-state index in [1.165, 1.54) is 32.0 Å². The maximum absolute atomic E-state index is 12.8. The van der Waals surface area contributed by atoms with Crippen LogP contribution in [0.25, 0.3) is 0 Å². The molecule has 0 atom stereocenters. The highest BCUT2D eigenvalue weighted by atomic mass is 19.1. The van der Waals surface area contributed by atoms with Crippen molar-refractivity contribution >= 4 is 6.29 Å². The number of rotatable bonds is 2. The smallest absolute Gasteiger partial charge is 0.150 e. The monoisotopic (exact) mass is 182 g/mol. The number of aldehydes is 1. The summed E-state index contributed by atoms with van der Waals surface area (Å²) in [6.45, 7) is 3.02. The van der Waals surface area contributed by atoms with Crippen molar-refractivity contribution in [2.45, 2.75) is 19.4 Å². The van der Waals surface area contributed by atoms with Gasteiger partial charge >= 0.3 is 0 Å². The fourth-order valence-corrected chi connectivity index (χ4v) is 1.16. The molecule has 13 heavy (non-hydrogen) atoms. The van der Waals surface area contributed by atoms with Gasteiger partial charge in [-0.3, -0.25) is 4.79 Å². The molecule has 1 N–H and O–H groups in total. The van der Waals surface area contributed by atoms with Crippen molar-refractivity contribution in [2.24, 2.45) is 0 Å². The summed E-state index contributed by atoms with van der Waals surface area (Å²) in [4.78, 5) is 10.6. The second kappa shape index (κ2) is 3.26. The molecule has 0 saturated carbocycles. The van der Waals surface area contributed by atoms with Gasteiger partial charge in [0.2, 0.25) is 0 Å². The third-order valence-corrected chi connectivity index (χ3v) is 1.80. The van der Waals surface area contributed by atoms with Crippen molar-refractivity contribution in [1.82, 2.24) is 0 Å². The average Bonchev–Trinajstić information content (AvgIpc) is 2.03. The quantitative estimate of drug-likeness (QED) is 0.709. The predicted molar refractivity (Wildman–Crippen MR) is 47.0 cm³/mol. The number of benzene rings is 1. The molecule has 0 bridgehead atoms. The third-order valence-electron chi connectivity index (χ3n) is 1.80. The predicted octanol–water partition coefficient (Wildman–Crippen LogP) is 1.87. The standard InChI is InChI=1S/C10H11FO2/c1-10(2,13)9-5-8(11)4-3-7(9)6-12/h3-6,13H,1-2H3. The van der Waals surface area contributed by atoms with Crippen molar-refractivity contribution in [3.05, 3.63) is 35.1 Å². The molecular weight excluding hydrogens is 171 g/mol. The molecular formula is C10H11FO2. The van der Waals surface area contributed by atoms with E-state index in [-0.39, 0.29) is 0 Å². The number of carbonyl (C=O) groups is 1. The van der Waals surface area contributed by atoms with Crippen molar-refractivity contribution in [3.8, 4) is 0 Å². The Bertz CT molecular complexity index is 326. The summed E-state index contributed by atoms with van der Waals surface area (Å²) in [5.41, 5.74) is -0.574. The Hall–Kier alpha value is -1.22. The Kier molecular flexibility index (Phi) is 2.48. The number of carbonyl (C=O) groups excluding carboxylic acids is 1. The number of aliphatic hydroxyl groups is 1. The second-order valence-electron chi connectivity index (χ2n) is 3.41. The fourth-order valence-electron chi connectivity index (χ4n) is 1.16. The van der Waals surface area contributed by atoms with Crippen LogP contribution in [0, 0.1) is 5.82 Å². The maximum atomic E-state index is 12.8. The molecule has 0 fully saturated rings. The molecule has 70 valence electrons. The molecule has 0 saturated heterocycles. The Labute approximate surface area is 76.0 Å². The minimum Gasteiger partial charge on any atom is -0.386 e. The Morgan fingerprint density at radius 2 is 2.08 bits per heavy atom. The zero-order valence-corrected chi connectivity index (χ0v) is 7.54. The molecule has 0 aliphatic heterocycles. The van der Waals surface area contributed by atoms with E-state index < -0.39 is 11.4 Å². The minimum atomic E-state index is -1.20. The van der Waals surface area contributed by atoms with E-state index in [4.69, 9.17) is 0 Å². The van der Waals surface area contributed by atoms with Gasteiger partial charge in [-0.1, -0.05) is 0 Å². The maximum Gasteiger partial charge on any atom is 0.150 e. The van der Waals surface area contributed by atoms with E-state index >= 15 is 0 Å². The molecule has 0 aliphatic carbocycles. The normalized spacial score (nSPS) is 11.4. The van der Waals surface area contributed by atoms with Crippen LogP contribution in [0.4, 0.5) is 4.39 Å². The molecule has 0 aliphatic rings. The molecule has 2 nitrogen and oxygen atoms in total. The van der Waals surface area contributed by atoms with Crippen LogP contribution in [0.2, 0.25) is 0 Å². The minimum absolute atomic E-state index is 0.308. The van der Waals surface area contributed by atoms with Crippen LogP contribution in [0.15, 0.2) is 18.2 Å². The molecule has 0 radical (unpaired) electrons. The topological polar surface area (TPSA) is 37.3 Å². The molecule has 0 heterocycles. The van der Waals surface area contributed by atoms with E-state index in [9.17, 15) is 14.3 Å². The zero-order valence-electron chi connectivity index (χ0n) is 7.54. The average molecular weight is 182 g/mol. The van der Waals surface area contributed by atoms with Gasteiger partial charge in [0.1, 0.15) is 12.1 Å². The summed E-state index contributed by atoms with van der Waals surface area (Å²) < 4.78 is 12.8. The lowest BCUT2D eigenvalue weighted by atomic mass is 9.94. The van der Waals surface area contributed by atoms with E-state index in [2.05, 4.69) is 0 Å². The Morgan fingerprint density at radius 3 is 2.54 bits per heavy atom. The summed E-state index contributed by atoms with van der Waals surface area (Å²) in [6.07, 6.45) is 0.604. The Balaban J connectivity index is 3.32. The first kappa shape index (κ1) is 9.86. The highest BCUT2D eigenvalue weighted by Gasteiger charge is 2.20. The zero-order chi connectivity index (χ0) is 10.1. The van der Waals surface area contributed by atoms with Gasteiger partial charge in [0.05, 0.1) is 5.60 Å². The highest BCUT2D eigenvalue weighted by molar-refractivity contribution is 5.77. The lowest BCUT2D eigenvalue weighted by Crippen LogP contribution is -2.18. The van der Waals surface area contributed by atoms with Gasteiger partial charge in [-0.05, 0) is 37.6 Å².